The summed E-state index contributed by atoms with van der Waals surface area (Å²) in [6, 6.07) is 5.72. The average molecular weight is 316 g/mol. The number of allylic oxidation sites excluding steroid dienone is 1. The van der Waals surface area contributed by atoms with Crippen LogP contribution in [0.15, 0.2) is 47.8 Å². The Labute approximate surface area is 135 Å². The Bertz CT molecular complexity index is 683. The van der Waals surface area contributed by atoms with Crippen molar-refractivity contribution >= 4 is 17.3 Å². The van der Waals surface area contributed by atoms with Crippen molar-refractivity contribution in [2.75, 3.05) is 6.26 Å². The molecule has 0 radical (unpaired) electrons. The number of thioether (sulfide) groups is 1. The van der Waals surface area contributed by atoms with E-state index in [9.17, 15) is 0 Å². The third-order valence-corrected chi connectivity index (χ3v) is 4.85. The van der Waals surface area contributed by atoms with Gasteiger partial charge in [-0.05, 0) is 23.3 Å². The molecule has 2 nitrogen and oxygen atoms in total. The number of halogens is 1. The molecule has 0 bridgehead atoms. The summed E-state index contributed by atoms with van der Waals surface area (Å²) >= 11 is 1.65. The predicted octanol–water partition coefficient (Wildman–Crippen LogP) is 4.43. The van der Waals surface area contributed by atoms with Crippen molar-refractivity contribution in [3.05, 3.63) is 64.7 Å². The zero-order valence-corrected chi connectivity index (χ0v) is 14.2. The Morgan fingerprint density at radius 3 is 2.68 bits per heavy atom. The Morgan fingerprint density at radius 2 is 2.00 bits per heavy atom. The van der Waals surface area contributed by atoms with Crippen LogP contribution in [0.3, 0.4) is 0 Å². The summed E-state index contributed by atoms with van der Waals surface area (Å²) in [4.78, 5) is 3.17. The van der Waals surface area contributed by atoms with Gasteiger partial charge in [0.25, 0.3) is 0 Å². The lowest BCUT2D eigenvalue weighted by atomic mass is 9.84. The number of nitrogens with zero attached hydrogens (tertiary/aromatic N) is 1. The van der Waals surface area contributed by atoms with E-state index >= 15 is 4.39 Å². The third kappa shape index (κ3) is 2.45. The molecule has 0 aliphatic carbocycles. The first-order valence-corrected chi connectivity index (χ1v) is 8.62. The Balaban J connectivity index is 2.17. The second kappa shape index (κ2) is 5.51. The third-order valence-electron chi connectivity index (χ3n) is 4.05. The Morgan fingerprint density at radius 1 is 1.23 bits per heavy atom. The zero-order valence-electron chi connectivity index (χ0n) is 13.4. The van der Waals surface area contributed by atoms with Crippen LogP contribution in [-0.4, -0.2) is 17.3 Å². The molecule has 0 saturated carbocycles. The van der Waals surface area contributed by atoms with E-state index in [1.54, 1.807) is 11.8 Å². The lowest BCUT2D eigenvalue weighted by Crippen LogP contribution is -2.35. The molecule has 22 heavy (non-hydrogen) atoms. The molecule has 2 aliphatic rings. The number of benzene rings is 1. The molecule has 0 fully saturated rings. The minimum Gasteiger partial charge on any atom is -0.366 e. The van der Waals surface area contributed by atoms with Gasteiger partial charge in [-0.3, -0.25) is 0 Å². The van der Waals surface area contributed by atoms with Gasteiger partial charge in [0, 0.05) is 34.6 Å². The summed E-state index contributed by atoms with van der Waals surface area (Å²) in [5.41, 5.74) is 2.23. The first-order chi connectivity index (χ1) is 10.4. The molecular formula is C18H21FN2S. The van der Waals surface area contributed by atoms with Gasteiger partial charge >= 0.3 is 0 Å². The van der Waals surface area contributed by atoms with Crippen molar-refractivity contribution in [2.24, 2.45) is 0 Å². The molecule has 116 valence electrons. The van der Waals surface area contributed by atoms with Crippen LogP contribution in [0, 0.1) is 5.82 Å². The van der Waals surface area contributed by atoms with Gasteiger partial charge in [0.05, 0.1) is 0 Å². The van der Waals surface area contributed by atoms with Crippen LogP contribution in [0.4, 0.5) is 4.39 Å². The van der Waals surface area contributed by atoms with E-state index in [1.165, 1.54) is 0 Å². The van der Waals surface area contributed by atoms with Crippen molar-refractivity contribution in [2.45, 2.75) is 32.4 Å². The summed E-state index contributed by atoms with van der Waals surface area (Å²) in [6.07, 6.45) is 9.97. The topological polar surface area (TPSA) is 15.3 Å². The van der Waals surface area contributed by atoms with Gasteiger partial charge < -0.3 is 10.2 Å². The number of fused-ring (bicyclic) bond motifs is 1. The van der Waals surface area contributed by atoms with E-state index in [0.29, 0.717) is 5.56 Å². The summed E-state index contributed by atoms with van der Waals surface area (Å²) in [6.45, 7) is 6.13. The van der Waals surface area contributed by atoms with E-state index < -0.39 is 0 Å². The number of hydrogen-bond donors (Lipinski definition) is 1. The van der Waals surface area contributed by atoms with Crippen molar-refractivity contribution in [3.63, 3.8) is 0 Å². The number of rotatable bonds is 2. The second-order valence-electron chi connectivity index (χ2n) is 6.55. The van der Waals surface area contributed by atoms with E-state index in [1.807, 2.05) is 63.8 Å². The molecule has 1 aromatic carbocycles. The fraction of sp³-hybridized carbons (Fsp3) is 0.333. The molecule has 1 atom stereocenters. The van der Waals surface area contributed by atoms with Gasteiger partial charge in [0.2, 0.25) is 0 Å². The summed E-state index contributed by atoms with van der Waals surface area (Å²) < 4.78 is 15.2. The number of nitrogens with one attached hydrogen (secondary N) is 1. The summed E-state index contributed by atoms with van der Waals surface area (Å²) in [5, 5.41) is 3.31. The molecule has 2 heterocycles. The second-order valence-corrected chi connectivity index (χ2v) is 7.40. The summed E-state index contributed by atoms with van der Waals surface area (Å²) in [7, 11) is 0. The van der Waals surface area contributed by atoms with Crippen molar-refractivity contribution in [1.29, 1.82) is 0 Å². The van der Waals surface area contributed by atoms with E-state index in [2.05, 4.69) is 16.3 Å². The maximum atomic E-state index is 15.2. The van der Waals surface area contributed by atoms with E-state index in [0.717, 1.165) is 16.0 Å². The normalized spacial score (nSPS) is 20.4. The minimum absolute atomic E-state index is 0.0304. The van der Waals surface area contributed by atoms with Crippen molar-refractivity contribution < 1.29 is 4.39 Å². The molecule has 1 unspecified atom stereocenters. The van der Waals surface area contributed by atoms with Gasteiger partial charge in [-0.2, -0.15) is 0 Å². The van der Waals surface area contributed by atoms with Gasteiger partial charge in [-0.25, -0.2) is 4.39 Å². The lowest BCUT2D eigenvalue weighted by molar-refractivity contribution is 0.435. The van der Waals surface area contributed by atoms with Gasteiger partial charge in [-0.15, -0.1) is 11.8 Å². The molecule has 1 aromatic rings. The molecule has 4 heteroatoms. The Kier molecular flexibility index (Phi) is 3.81. The van der Waals surface area contributed by atoms with Gasteiger partial charge in [0.1, 0.15) is 12.0 Å². The highest BCUT2D eigenvalue weighted by atomic mass is 32.2. The van der Waals surface area contributed by atoms with Crippen LogP contribution >= 0.6 is 11.8 Å². The van der Waals surface area contributed by atoms with Crippen LogP contribution in [0.1, 0.15) is 31.9 Å². The average Bonchev–Trinajstić information content (AvgIpc) is 2.94. The highest BCUT2D eigenvalue weighted by Crippen LogP contribution is 2.38. The fourth-order valence-electron chi connectivity index (χ4n) is 2.92. The molecule has 0 spiro atoms. The van der Waals surface area contributed by atoms with Gasteiger partial charge in [-0.1, -0.05) is 39.0 Å². The molecule has 0 amide bonds. The fourth-order valence-corrected chi connectivity index (χ4v) is 3.55. The maximum Gasteiger partial charge on any atom is 0.134 e. The van der Waals surface area contributed by atoms with Gasteiger partial charge in [0.15, 0.2) is 0 Å². The predicted molar refractivity (Wildman–Crippen MR) is 92.6 cm³/mol. The van der Waals surface area contributed by atoms with Crippen LogP contribution in [0.25, 0.3) is 5.57 Å². The SMILES string of the molecule is CSC1=C(c2cccc(C(C)(C)C)c2F)C2NC=CN2C=C1. The standard InChI is InChI=1S/C18H21FN2S/c1-18(2,3)13-7-5-6-12(16(13)19)15-14(22-4)8-10-21-11-9-20-17(15)21/h5-11,17,20H,1-4H3. The van der Waals surface area contributed by atoms with Crippen LogP contribution in [0.5, 0.6) is 0 Å². The smallest absolute Gasteiger partial charge is 0.134 e. The van der Waals surface area contributed by atoms with Crippen molar-refractivity contribution in [3.8, 4) is 0 Å². The summed E-state index contributed by atoms with van der Waals surface area (Å²) in [5.74, 6) is -0.111. The zero-order chi connectivity index (χ0) is 15.9. The highest BCUT2D eigenvalue weighted by Gasteiger charge is 2.31. The highest BCUT2D eigenvalue weighted by molar-refractivity contribution is 8.02. The minimum atomic E-state index is -0.217. The van der Waals surface area contributed by atoms with E-state index in [4.69, 9.17) is 0 Å². The quantitative estimate of drug-likeness (QED) is 0.869. The monoisotopic (exact) mass is 316 g/mol. The largest absolute Gasteiger partial charge is 0.366 e. The first-order valence-electron chi connectivity index (χ1n) is 7.39. The molecule has 3 rings (SSSR count). The molecule has 0 saturated heterocycles. The molecule has 1 N–H and O–H groups in total. The lowest BCUT2D eigenvalue weighted by Gasteiger charge is -2.31. The first kappa shape index (κ1) is 15.2. The van der Waals surface area contributed by atoms with Crippen molar-refractivity contribution in [1.82, 2.24) is 10.2 Å². The van der Waals surface area contributed by atoms with Crippen LogP contribution in [0.2, 0.25) is 0 Å². The number of hydrogen-bond acceptors (Lipinski definition) is 3. The molecule has 0 aromatic heterocycles. The van der Waals surface area contributed by atoms with Crippen LogP contribution < -0.4 is 5.32 Å². The molecule has 2 aliphatic heterocycles. The van der Waals surface area contributed by atoms with Crippen LogP contribution in [-0.2, 0) is 5.41 Å². The molecular weight excluding hydrogens is 295 g/mol. The van der Waals surface area contributed by atoms with E-state index in [-0.39, 0.29) is 17.4 Å². The maximum absolute atomic E-state index is 15.2. The Hall–Kier alpha value is -1.68.